The monoisotopic (exact) mass is 422 g/mol. The third-order valence-corrected chi connectivity index (χ3v) is 5.57. The molecule has 2 aromatic rings. The number of methoxy groups -OCH3 is 1. The summed E-state index contributed by atoms with van der Waals surface area (Å²) in [6.07, 6.45) is 1.01. The predicted molar refractivity (Wildman–Crippen MR) is 119 cm³/mol. The Morgan fingerprint density at radius 3 is 2.78 bits per heavy atom. The van der Waals surface area contributed by atoms with Crippen LogP contribution in [0.1, 0.15) is 27.9 Å². The van der Waals surface area contributed by atoms with Gasteiger partial charge in [-0.1, -0.05) is 35.9 Å². The summed E-state index contributed by atoms with van der Waals surface area (Å²) in [5.41, 5.74) is 3.71. The molecule has 0 aliphatic carbocycles. The van der Waals surface area contributed by atoms with Crippen LogP contribution in [0.5, 0.6) is 0 Å². The Morgan fingerprint density at radius 1 is 1.26 bits per heavy atom. The number of aryl methyl sites for hydroxylation is 1. The molecule has 4 nitrogen and oxygen atoms in total. The van der Waals surface area contributed by atoms with Crippen molar-refractivity contribution < 1.29 is 9.53 Å². The van der Waals surface area contributed by atoms with Gasteiger partial charge in [0.25, 0.3) is 0 Å². The second kappa shape index (κ2) is 11.2. The lowest BCUT2D eigenvalue weighted by Crippen LogP contribution is -2.29. The normalized spacial score (nSPS) is 10.3. The predicted octanol–water partition coefficient (Wildman–Crippen LogP) is 5.04. The van der Waals surface area contributed by atoms with Gasteiger partial charge in [-0.2, -0.15) is 11.8 Å². The molecule has 0 bridgehead atoms. The topological polar surface area (TPSA) is 50.4 Å². The average molecular weight is 423 g/mol. The van der Waals surface area contributed by atoms with Gasteiger partial charge in [0, 0.05) is 18.0 Å². The number of ether oxygens (including phenoxy) is 1. The van der Waals surface area contributed by atoms with E-state index in [2.05, 4.69) is 41.8 Å². The molecule has 27 heavy (non-hydrogen) atoms. The van der Waals surface area contributed by atoms with Gasteiger partial charge in [0.1, 0.15) is 0 Å². The van der Waals surface area contributed by atoms with Gasteiger partial charge in [-0.05, 0) is 60.6 Å². The molecule has 0 aliphatic rings. The fraction of sp³-hybridized carbons (Fsp3) is 0.300. The van der Waals surface area contributed by atoms with Gasteiger partial charge in [-0.25, -0.2) is 4.79 Å². The summed E-state index contributed by atoms with van der Waals surface area (Å²) in [6, 6.07) is 13.5. The molecule has 2 N–H and O–H groups in total. The van der Waals surface area contributed by atoms with Gasteiger partial charge in [0.05, 0.1) is 17.7 Å². The van der Waals surface area contributed by atoms with E-state index in [9.17, 15) is 4.79 Å². The van der Waals surface area contributed by atoms with E-state index >= 15 is 0 Å². The molecule has 2 rings (SSSR count). The van der Waals surface area contributed by atoms with Crippen LogP contribution in [0.25, 0.3) is 0 Å². The van der Waals surface area contributed by atoms with Gasteiger partial charge < -0.3 is 15.4 Å². The van der Waals surface area contributed by atoms with Crippen LogP contribution >= 0.6 is 35.6 Å². The molecular formula is C20H23ClN2O2S2. The number of nitrogens with one attached hydrogen (secondary N) is 2. The Labute approximate surface area is 175 Å². The molecule has 0 saturated heterocycles. The van der Waals surface area contributed by atoms with Crippen molar-refractivity contribution in [1.82, 2.24) is 5.32 Å². The smallest absolute Gasteiger partial charge is 0.339 e. The molecule has 0 radical (unpaired) electrons. The Kier molecular flexibility index (Phi) is 8.91. The highest BCUT2D eigenvalue weighted by molar-refractivity contribution is 7.98. The summed E-state index contributed by atoms with van der Waals surface area (Å²) in [7, 11) is 1.32. The summed E-state index contributed by atoms with van der Waals surface area (Å²) in [4.78, 5) is 11.7. The highest BCUT2D eigenvalue weighted by Gasteiger charge is 2.11. The minimum absolute atomic E-state index is 0.305. The average Bonchev–Trinajstić information content (AvgIpc) is 2.66. The highest BCUT2D eigenvalue weighted by atomic mass is 35.5. The number of carbonyl (C=O) groups is 1. The zero-order chi connectivity index (χ0) is 19.6. The van der Waals surface area contributed by atoms with Crippen LogP contribution in [0.3, 0.4) is 0 Å². The van der Waals surface area contributed by atoms with Crippen LogP contribution in [0, 0.1) is 6.92 Å². The zero-order valence-electron chi connectivity index (χ0n) is 15.4. The van der Waals surface area contributed by atoms with E-state index in [-0.39, 0.29) is 0 Å². The summed E-state index contributed by atoms with van der Waals surface area (Å²) < 4.78 is 4.72. The van der Waals surface area contributed by atoms with E-state index in [1.165, 1.54) is 18.2 Å². The number of thiocarbonyl (C=S) groups is 1. The molecule has 0 fully saturated rings. The Morgan fingerprint density at radius 2 is 2.04 bits per heavy atom. The lowest BCUT2D eigenvalue weighted by atomic mass is 10.1. The van der Waals surface area contributed by atoms with Crippen LogP contribution in [0.4, 0.5) is 5.69 Å². The molecular weight excluding hydrogens is 400 g/mol. The Hall–Kier alpha value is -1.76. The minimum atomic E-state index is -0.479. The van der Waals surface area contributed by atoms with E-state index in [1.54, 1.807) is 18.2 Å². The van der Waals surface area contributed by atoms with Crippen LogP contribution in [-0.4, -0.2) is 30.5 Å². The number of halogens is 1. The van der Waals surface area contributed by atoms with Crippen molar-refractivity contribution in [2.75, 3.05) is 24.7 Å². The maximum atomic E-state index is 11.7. The maximum Gasteiger partial charge on any atom is 0.339 e. The van der Waals surface area contributed by atoms with Crippen molar-refractivity contribution in [3.05, 3.63) is 64.2 Å². The van der Waals surface area contributed by atoms with Gasteiger partial charge >= 0.3 is 5.97 Å². The zero-order valence-corrected chi connectivity index (χ0v) is 17.8. The molecule has 0 atom stereocenters. The summed E-state index contributed by atoms with van der Waals surface area (Å²) >= 11 is 13.2. The first-order chi connectivity index (χ1) is 13.0. The Balaban J connectivity index is 1.69. The summed E-state index contributed by atoms with van der Waals surface area (Å²) in [5, 5.41) is 7.09. The van der Waals surface area contributed by atoms with Gasteiger partial charge in [-0.3, -0.25) is 0 Å². The number of benzene rings is 2. The van der Waals surface area contributed by atoms with Crippen molar-refractivity contribution in [2.24, 2.45) is 0 Å². The van der Waals surface area contributed by atoms with Crippen molar-refractivity contribution in [3.8, 4) is 0 Å². The number of rotatable bonds is 8. The second-order valence-electron chi connectivity index (χ2n) is 5.90. The molecule has 0 aliphatic heterocycles. The molecule has 0 spiro atoms. The van der Waals surface area contributed by atoms with E-state index in [4.69, 9.17) is 28.6 Å². The van der Waals surface area contributed by atoms with E-state index < -0.39 is 5.97 Å². The number of hydrogen-bond donors (Lipinski definition) is 2. The Bertz CT molecular complexity index is 799. The standard InChI is InChI=1S/C20H23ClN2O2S2/c1-14-6-3-4-7-15(14)13-27-11-5-10-22-20(26)23-16-8-9-18(21)17(12-16)19(24)25-2/h3-4,6-9,12H,5,10-11,13H2,1-2H3,(H2,22,23,26). The number of anilines is 1. The molecule has 144 valence electrons. The largest absolute Gasteiger partial charge is 0.465 e. The van der Waals surface area contributed by atoms with Gasteiger partial charge in [0.15, 0.2) is 5.11 Å². The molecule has 0 aromatic heterocycles. The lowest BCUT2D eigenvalue weighted by Gasteiger charge is -2.12. The third kappa shape index (κ3) is 7.05. The van der Waals surface area contributed by atoms with Crippen molar-refractivity contribution in [2.45, 2.75) is 19.1 Å². The fourth-order valence-electron chi connectivity index (χ4n) is 2.38. The summed E-state index contributed by atoms with van der Waals surface area (Å²) in [6.45, 7) is 2.92. The molecule has 7 heteroatoms. The quantitative estimate of drug-likeness (QED) is 0.353. The van der Waals surface area contributed by atoms with Gasteiger partial charge in [0.2, 0.25) is 0 Å². The van der Waals surface area contributed by atoms with Crippen LogP contribution in [-0.2, 0) is 10.5 Å². The molecule has 2 aromatic carbocycles. The maximum absolute atomic E-state index is 11.7. The molecule has 0 unspecified atom stereocenters. The number of hydrogen-bond acceptors (Lipinski definition) is 4. The molecule has 0 amide bonds. The number of carbonyl (C=O) groups excluding carboxylic acids is 1. The number of esters is 1. The van der Waals surface area contributed by atoms with Crippen molar-refractivity contribution in [1.29, 1.82) is 0 Å². The molecule has 0 heterocycles. The third-order valence-electron chi connectivity index (χ3n) is 3.90. The minimum Gasteiger partial charge on any atom is -0.465 e. The SMILES string of the molecule is COC(=O)c1cc(NC(=S)NCCCSCc2ccccc2C)ccc1Cl. The lowest BCUT2D eigenvalue weighted by molar-refractivity contribution is 0.0601. The second-order valence-corrected chi connectivity index (χ2v) is 7.82. The van der Waals surface area contributed by atoms with Crippen LogP contribution in [0.2, 0.25) is 5.02 Å². The first kappa shape index (κ1) is 21.5. The van der Waals surface area contributed by atoms with Gasteiger partial charge in [-0.15, -0.1) is 0 Å². The van der Waals surface area contributed by atoms with Crippen molar-refractivity contribution in [3.63, 3.8) is 0 Å². The first-order valence-corrected chi connectivity index (χ1v) is 10.5. The van der Waals surface area contributed by atoms with Crippen LogP contribution < -0.4 is 10.6 Å². The van der Waals surface area contributed by atoms with Crippen molar-refractivity contribution >= 4 is 52.3 Å². The van der Waals surface area contributed by atoms with Crippen LogP contribution in [0.15, 0.2) is 42.5 Å². The number of thioether (sulfide) groups is 1. The van der Waals surface area contributed by atoms with E-state index in [0.717, 1.165) is 24.5 Å². The van der Waals surface area contributed by atoms with E-state index in [0.29, 0.717) is 21.4 Å². The first-order valence-electron chi connectivity index (χ1n) is 8.56. The fourth-order valence-corrected chi connectivity index (χ4v) is 3.83. The molecule has 0 saturated carbocycles. The highest BCUT2D eigenvalue weighted by Crippen LogP contribution is 2.21. The van der Waals surface area contributed by atoms with E-state index in [1.807, 2.05) is 11.8 Å². The summed E-state index contributed by atoms with van der Waals surface area (Å²) in [5.74, 6) is 1.60.